The summed E-state index contributed by atoms with van der Waals surface area (Å²) in [5, 5.41) is 3.09. The zero-order chi connectivity index (χ0) is 17.1. The van der Waals surface area contributed by atoms with Gasteiger partial charge in [-0.25, -0.2) is 0 Å². The zero-order valence-corrected chi connectivity index (χ0v) is 14.5. The number of amides is 1. The van der Waals surface area contributed by atoms with E-state index in [0.29, 0.717) is 5.56 Å². The molecule has 1 N–H and O–H groups in total. The number of benzene rings is 2. The van der Waals surface area contributed by atoms with Gasteiger partial charge in [-0.3, -0.25) is 4.79 Å². The van der Waals surface area contributed by atoms with Crippen molar-refractivity contribution >= 4 is 11.6 Å². The van der Waals surface area contributed by atoms with E-state index < -0.39 is 0 Å². The minimum absolute atomic E-state index is 0.0318. The van der Waals surface area contributed by atoms with Gasteiger partial charge in [-0.2, -0.15) is 0 Å². The molecule has 0 fully saturated rings. The standard InChI is InChI=1S/C20H24N2O2/c1-14(11-15-7-8-19-16(12-15)9-10-24-19)21-20(23)17-5-4-6-18(13-17)22(2)3/h4-8,12-14H,9-11H2,1-3H3,(H,21,23). The molecule has 24 heavy (non-hydrogen) atoms. The van der Waals surface area contributed by atoms with Gasteiger partial charge in [0.1, 0.15) is 5.75 Å². The Labute approximate surface area is 143 Å². The van der Waals surface area contributed by atoms with E-state index in [4.69, 9.17) is 4.74 Å². The first-order valence-electron chi connectivity index (χ1n) is 8.36. The maximum Gasteiger partial charge on any atom is 0.251 e. The van der Waals surface area contributed by atoms with Gasteiger partial charge in [0.15, 0.2) is 0 Å². The number of anilines is 1. The maximum absolute atomic E-state index is 12.5. The second-order valence-corrected chi connectivity index (χ2v) is 6.56. The smallest absolute Gasteiger partial charge is 0.251 e. The number of carbonyl (C=O) groups excluding carboxylic acids is 1. The molecule has 3 rings (SSSR count). The third-order valence-corrected chi connectivity index (χ3v) is 4.30. The Morgan fingerprint density at radius 2 is 2.08 bits per heavy atom. The summed E-state index contributed by atoms with van der Waals surface area (Å²) in [4.78, 5) is 14.5. The van der Waals surface area contributed by atoms with Crippen molar-refractivity contribution in [1.82, 2.24) is 5.32 Å². The number of fused-ring (bicyclic) bond motifs is 1. The lowest BCUT2D eigenvalue weighted by atomic mass is 10.0. The first kappa shape index (κ1) is 16.4. The minimum Gasteiger partial charge on any atom is -0.493 e. The molecule has 0 aliphatic carbocycles. The van der Waals surface area contributed by atoms with Crippen LogP contribution >= 0.6 is 0 Å². The lowest BCUT2D eigenvalue weighted by molar-refractivity contribution is 0.0940. The Kier molecular flexibility index (Phi) is 4.74. The average Bonchev–Trinajstić information content (AvgIpc) is 3.02. The number of nitrogens with zero attached hydrogens (tertiary/aromatic N) is 1. The van der Waals surface area contributed by atoms with E-state index >= 15 is 0 Å². The van der Waals surface area contributed by atoms with Crippen LogP contribution in [-0.4, -0.2) is 32.7 Å². The van der Waals surface area contributed by atoms with E-state index in [1.54, 1.807) is 0 Å². The van der Waals surface area contributed by atoms with Crippen molar-refractivity contribution in [2.75, 3.05) is 25.6 Å². The molecule has 4 heteroatoms. The molecule has 4 nitrogen and oxygen atoms in total. The molecule has 0 radical (unpaired) electrons. The van der Waals surface area contributed by atoms with Gasteiger partial charge in [-0.05, 0) is 48.7 Å². The average molecular weight is 324 g/mol. The summed E-state index contributed by atoms with van der Waals surface area (Å²) in [5.41, 5.74) is 4.21. The van der Waals surface area contributed by atoms with Crippen molar-refractivity contribution in [2.24, 2.45) is 0 Å². The second-order valence-electron chi connectivity index (χ2n) is 6.56. The lowest BCUT2D eigenvalue weighted by Crippen LogP contribution is -2.34. The Bertz CT molecular complexity index is 740. The summed E-state index contributed by atoms with van der Waals surface area (Å²) in [7, 11) is 3.94. The van der Waals surface area contributed by atoms with Gasteiger partial charge < -0.3 is 15.0 Å². The number of hydrogen-bond acceptors (Lipinski definition) is 3. The predicted molar refractivity (Wildman–Crippen MR) is 97.0 cm³/mol. The van der Waals surface area contributed by atoms with Gasteiger partial charge in [-0.1, -0.05) is 18.2 Å². The highest BCUT2D eigenvalue weighted by molar-refractivity contribution is 5.95. The third-order valence-electron chi connectivity index (χ3n) is 4.30. The minimum atomic E-state index is -0.0318. The Morgan fingerprint density at radius 3 is 2.88 bits per heavy atom. The lowest BCUT2D eigenvalue weighted by Gasteiger charge is -2.16. The van der Waals surface area contributed by atoms with E-state index in [2.05, 4.69) is 17.4 Å². The molecular weight excluding hydrogens is 300 g/mol. The van der Waals surface area contributed by atoms with Crippen LogP contribution < -0.4 is 15.0 Å². The van der Waals surface area contributed by atoms with Crippen LogP contribution in [-0.2, 0) is 12.8 Å². The third kappa shape index (κ3) is 3.70. The van der Waals surface area contributed by atoms with Gasteiger partial charge in [0, 0.05) is 37.8 Å². The first-order chi connectivity index (χ1) is 11.5. The molecule has 0 saturated heterocycles. The topological polar surface area (TPSA) is 41.6 Å². The highest BCUT2D eigenvalue weighted by Gasteiger charge is 2.15. The van der Waals surface area contributed by atoms with Gasteiger partial charge in [0.2, 0.25) is 0 Å². The fourth-order valence-corrected chi connectivity index (χ4v) is 3.00. The van der Waals surface area contributed by atoms with Crippen molar-refractivity contribution < 1.29 is 9.53 Å². The fraction of sp³-hybridized carbons (Fsp3) is 0.350. The van der Waals surface area contributed by atoms with Crippen LogP contribution in [0.2, 0.25) is 0 Å². The summed E-state index contributed by atoms with van der Waals surface area (Å²) in [5.74, 6) is 0.964. The molecule has 0 spiro atoms. The Hall–Kier alpha value is -2.49. The summed E-state index contributed by atoms with van der Waals surface area (Å²) in [6.07, 6.45) is 1.79. The van der Waals surface area contributed by atoms with E-state index in [0.717, 1.165) is 30.9 Å². The predicted octanol–water partition coefficient (Wildman–Crippen LogP) is 3.05. The summed E-state index contributed by atoms with van der Waals surface area (Å²) in [6.45, 7) is 2.81. The van der Waals surface area contributed by atoms with Gasteiger partial charge in [0.25, 0.3) is 5.91 Å². The number of nitrogens with one attached hydrogen (secondary N) is 1. The summed E-state index contributed by atoms with van der Waals surface area (Å²) < 4.78 is 5.54. The van der Waals surface area contributed by atoms with E-state index in [1.807, 2.05) is 56.3 Å². The molecule has 126 valence electrons. The van der Waals surface area contributed by atoms with Gasteiger partial charge in [-0.15, -0.1) is 0 Å². The highest BCUT2D eigenvalue weighted by Crippen LogP contribution is 2.26. The monoisotopic (exact) mass is 324 g/mol. The highest BCUT2D eigenvalue weighted by atomic mass is 16.5. The van der Waals surface area contributed by atoms with Crippen LogP contribution in [0.25, 0.3) is 0 Å². The largest absolute Gasteiger partial charge is 0.493 e. The summed E-state index contributed by atoms with van der Waals surface area (Å²) in [6, 6.07) is 14.0. The van der Waals surface area contributed by atoms with Crippen molar-refractivity contribution in [2.45, 2.75) is 25.8 Å². The van der Waals surface area contributed by atoms with Crippen molar-refractivity contribution in [3.63, 3.8) is 0 Å². The van der Waals surface area contributed by atoms with E-state index in [1.165, 1.54) is 11.1 Å². The van der Waals surface area contributed by atoms with Crippen LogP contribution in [0.1, 0.15) is 28.4 Å². The van der Waals surface area contributed by atoms with E-state index in [9.17, 15) is 4.79 Å². The van der Waals surface area contributed by atoms with Crippen molar-refractivity contribution in [3.05, 3.63) is 59.2 Å². The normalized spacial score (nSPS) is 13.8. The summed E-state index contributed by atoms with van der Waals surface area (Å²) >= 11 is 0. The van der Waals surface area contributed by atoms with Crippen molar-refractivity contribution in [1.29, 1.82) is 0 Å². The van der Waals surface area contributed by atoms with Crippen LogP contribution in [0.4, 0.5) is 5.69 Å². The molecule has 0 saturated carbocycles. The maximum atomic E-state index is 12.5. The van der Waals surface area contributed by atoms with Crippen LogP contribution in [0, 0.1) is 0 Å². The first-order valence-corrected chi connectivity index (χ1v) is 8.36. The van der Waals surface area contributed by atoms with Crippen molar-refractivity contribution in [3.8, 4) is 5.75 Å². The molecule has 1 heterocycles. The molecule has 1 atom stereocenters. The molecular formula is C20H24N2O2. The second kappa shape index (κ2) is 6.95. The number of hydrogen-bond donors (Lipinski definition) is 1. The van der Waals surface area contributed by atoms with E-state index in [-0.39, 0.29) is 11.9 Å². The molecule has 1 unspecified atom stereocenters. The number of rotatable bonds is 5. The molecule has 1 aliphatic rings. The molecule has 2 aromatic rings. The quantitative estimate of drug-likeness (QED) is 0.919. The SMILES string of the molecule is CC(Cc1ccc2c(c1)CCO2)NC(=O)c1cccc(N(C)C)c1. The Morgan fingerprint density at radius 1 is 1.25 bits per heavy atom. The zero-order valence-electron chi connectivity index (χ0n) is 14.5. The molecule has 1 aliphatic heterocycles. The van der Waals surface area contributed by atoms with Crippen LogP contribution in [0.3, 0.4) is 0 Å². The number of carbonyl (C=O) groups is 1. The number of ether oxygens (including phenoxy) is 1. The van der Waals surface area contributed by atoms with Crippen LogP contribution in [0.5, 0.6) is 5.75 Å². The fourth-order valence-electron chi connectivity index (χ4n) is 3.00. The Balaban J connectivity index is 1.63. The molecule has 2 aromatic carbocycles. The molecule has 0 aromatic heterocycles. The van der Waals surface area contributed by atoms with Gasteiger partial charge >= 0.3 is 0 Å². The van der Waals surface area contributed by atoms with Gasteiger partial charge in [0.05, 0.1) is 6.61 Å². The molecule has 1 amide bonds. The van der Waals surface area contributed by atoms with Crippen LogP contribution in [0.15, 0.2) is 42.5 Å². The molecule has 0 bridgehead atoms.